The second-order valence-corrected chi connectivity index (χ2v) is 8.13. The molecule has 0 radical (unpaired) electrons. The van der Waals surface area contributed by atoms with E-state index in [0.29, 0.717) is 12.1 Å². The van der Waals surface area contributed by atoms with E-state index in [-0.39, 0.29) is 16.7 Å². The SMILES string of the molecule is CC(C)CC(=O)Nc1ccc(S(=O)(=O)CC(C)(O)C(=O)NO)cc1. The summed E-state index contributed by atoms with van der Waals surface area (Å²) in [6.45, 7) is 4.80. The maximum absolute atomic E-state index is 12.2. The molecule has 24 heavy (non-hydrogen) atoms. The van der Waals surface area contributed by atoms with E-state index in [1.165, 1.54) is 29.7 Å². The third-order valence-electron chi connectivity index (χ3n) is 3.15. The van der Waals surface area contributed by atoms with Gasteiger partial charge in [-0.3, -0.25) is 14.8 Å². The number of rotatable bonds is 7. The van der Waals surface area contributed by atoms with Gasteiger partial charge in [-0.1, -0.05) is 13.8 Å². The highest BCUT2D eigenvalue weighted by atomic mass is 32.2. The lowest BCUT2D eigenvalue weighted by atomic mass is 10.1. The first kappa shape index (κ1) is 20.1. The van der Waals surface area contributed by atoms with E-state index < -0.39 is 27.1 Å². The Bertz CT molecular complexity index is 695. The lowest BCUT2D eigenvalue weighted by Gasteiger charge is -2.20. The third kappa shape index (κ3) is 5.59. The van der Waals surface area contributed by atoms with Crippen LogP contribution in [0.1, 0.15) is 27.2 Å². The van der Waals surface area contributed by atoms with Gasteiger partial charge < -0.3 is 10.4 Å². The van der Waals surface area contributed by atoms with Gasteiger partial charge in [0.2, 0.25) is 5.91 Å². The highest BCUT2D eigenvalue weighted by molar-refractivity contribution is 7.91. The summed E-state index contributed by atoms with van der Waals surface area (Å²) in [7, 11) is -3.97. The van der Waals surface area contributed by atoms with Crippen molar-refractivity contribution in [2.75, 3.05) is 11.1 Å². The van der Waals surface area contributed by atoms with Gasteiger partial charge >= 0.3 is 0 Å². The molecule has 0 aliphatic heterocycles. The highest BCUT2D eigenvalue weighted by Crippen LogP contribution is 2.19. The molecule has 0 aliphatic carbocycles. The predicted octanol–water partition coefficient (Wildman–Crippen LogP) is 0.701. The van der Waals surface area contributed by atoms with Gasteiger partial charge in [-0.2, -0.15) is 0 Å². The Balaban J connectivity index is 2.88. The molecule has 4 N–H and O–H groups in total. The van der Waals surface area contributed by atoms with E-state index >= 15 is 0 Å². The van der Waals surface area contributed by atoms with Gasteiger partial charge in [0.1, 0.15) is 0 Å². The van der Waals surface area contributed by atoms with Crippen LogP contribution in [0.5, 0.6) is 0 Å². The summed E-state index contributed by atoms with van der Waals surface area (Å²) in [4.78, 5) is 22.8. The minimum absolute atomic E-state index is 0.115. The van der Waals surface area contributed by atoms with Gasteiger partial charge in [-0.15, -0.1) is 0 Å². The molecule has 0 spiro atoms. The highest BCUT2D eigenvalue weighted by Gasteiger charge is 2.36. The number of hydrogen-bond acceptors (Lipinski definition) is 6. The number of aliphatic hydroxyl groups is 1. The molecule has 1 rings (SSSR count). The zero-order valence-electron chi connectivity index (χ0n) is 13.7. The van der Waals surface area contributed by atoms with E-state index in [4.69, 9.17) is 5.21 Å². The number of hydroxylamine groups is 1. The first-order valence-corrected chi connectivity index (χ1v) is 8.93. The zero-order valence-corrected chi connectivity index (χ0v) is 14.6. The minimum Gasteiger partial charge on any atom is -0.379 e. The Kier molecular flexibility index (Phi) is 6.47. The molecule has 0 saturated heterocycles. The molecule has 8 nitrogen and oxygen atoms in total. The van der Waals surface area contributed by atoms with Gasteiger partial charge in [-0.25, -0.2) is 13.9 Å². The van der Waals surface area contributed by atoms with Crippen molar-refractivity contribution in [3.05, 3.63) is 24.3 Å². The maximum atomic E-state index is 12.2. The normalized spacial score (nSPS) is 14.1. The second kappa shape index (κ2) is 7.73. The summed E-state index contributed by atoms with van der Waals surface area (Å²) in [6, 6.07) is 5.39. The molecule has 1 aromatic rings. The van der Waals surface area contributed by atoms with Crippen molar-refractivity contribution in [3.8, 4) is 0 Å². The molecule has 134 valence electrons. The van der Waals surface area contributed by atoms with Crippen LogP contribution in [0.25, 0.3) is 0 Å². The molecule has 1 unspecified atom stereocenters. The van der Waals surface area contributed by atoms with E-state index in [1.54, 1.807) is 0 Å². The molecule has 0 bridgehead atoms. The van der Waals surface area contributed by atoms with Crippen LogP contribution >= 0.6 is 0 Å². The van der Waals surface area contributed by atoms with Crippen molar-refractivity contribution in [2.24, 2.45) is 5.92 Å². The van der Waals surface area contributed by atoms with E-state index in [9.17, 15) is 23.1 Å². The van der Waals surface area contributed by atoms with Gasteiger partial charge in [0.25, 0.3) is 5.91 Å². The van der Waals surface area contributed by atoms with Crippen LogP contribution < -0.4 is 10.8 Å². The molecule has 0 aromatic heterocycles. The fourth-order valence-electron chi connectivity index (χ4n) is 1.97. The van der Waals surface area contributed by atoms with Gasteiger partial charge in [-0.05, 0) is 37.1 Å². The summed E-state index contributed by atoms with van der Waals surface area (Å²) in [5.41, 5.74) is -0.611. The van der Waals surface area contributed by atoms with Crippen LogP contribution in [0.4, 0.5) is 5.69 Å². The summed E-state index contributed by atoms with van der Waals surface area (Å²) < 4.78 is 24.5. The molecule has 0 saturated carbocycles. The maximum Gasteiger partial charge on any atom is 0.276 e. The van der Waals surface area contributed by atoms with Crippen LogP contribution in [-0.4, -0.2) is 41.9 Å². The Hall–Kier alpha value is -1.97. The molecular formula is C15H22N2O6S. The first-order chi connectivity index (χ1) is 11.0. The number of carbonyl (C=O) groups is 2. The van der Waals surface area contributed by atoms with Crippen molar-refractivity contribution in [2.45, 2.75) is 37.7 Å². The molecular weight excluding hydrogens is 336 g/mol. The minimum atomic E-state index is -3.97. The predicted molar refractivity (Wildman–Crippen MR) is 87.1 cm³/mol. The van der Waals surface area contributed by atoms with Crippen LogP contribution in [0.3, 0.4) is 0 Å². The van der Waals surface area contributed by atoms with Crippen molar-refractivity contribution in [1.29, 1.82) is 0 Å². The molecule has 2 amide bonds. The Morgan fingerprint density at radius 3 is 2.21 bits per heavy atom. The lowest BCUT2D eigenvalue weighted by molar-refractivity contribution is -0.144. The molecule has 9 heteroatoms. The molecule has 0 aliphatic rings. The number of benzene rings is 1. The largest absolute Gasteiger partial charge is 0.379 e. The molecule has 1 aromatic carbocycles. The second-order valence-electron chi connectivity index (χ2n) is 6.14. The summed E-state index contributed by atoms with van der Waals surface area (Å²) in [5.74, 6) is -2.10. The van der Waals surface area contributed by atoms with Crippen molar-refractivity contribution in [1.82, 2.24) is 5.48 Å². The Morgan fingerprint density at radius 1 is 1.21 bits per heavy atom. The quantitative estimate of drug-likeness (QED) is 0.419. The van der Waals surface area contributed by atoms with Gasteiger partial charge in [0.15, 0.2) is 15.4 Å². The van der Waals surface area contributed by atoms with Crippen molar-refractivity contribution in [3.63, 3.8) is 0 Å². The third-order valence-corrected chi connectivity index (χ3v) is 5.09. The number of carbonyl (C=O) groups excluding carboxylic acids is 2. The van der Waals surface area contributed by atoms with E-state index in [0.717, 1.165) is 6.92 Å². The fraction of sp³-hybridized carbons (Fsp3) is 0.467. The first-order valence-electron chi connectivity index (χ1n) is 7.27. The van der Waals surface area contributed by atoms with E-state index in [1.807, 2.05) is 13.8 Å². The molecule has 0 fully saturated rings. The smallest absolute Gasteiger partial charge is 0.276 e. The summed E-state index contributed by atoms with van der Waals surface area (Å²) in [6.07, 6.45) is 0.346. The van der Waals surface area contributed by atoms with Crippen molar-refractivity contribution < 1.29 is 28.3 Å². The Morgan fingerprint density at radius 2 is 1.75 bits per heavy atom. The Labute approximate surface area is 140 Å². The number of amides is 2. The number of sulfone groups is 1. The fourth-order valence-corrected chi connectivity index (χ4v) is 3.56. The average Bonchev–Trinajstić information content (AvgIpc) is 2.44. The van der Waals surface area contributed by atoms with Gasteiger partial charge in [0.05, 0.1) is 10.6 Å². The van der Waals surface area contributed by atoms with Crippen LogP contribution in [-0.2, 0) is 19.4 Å². The number of anilines is 1. The zero-order chi connectivity index (χ0) is 18.5. The lowest BCUT2D eigenvalue weighted by Crippen LogP contribution is -2.48. The topological polar surface area (TPSA) is 133 Å². The average molecular weight is 358 g/mol. The number of hydrogen-bond donors (Lipinski definition) is 4. The number of nitrogens with one attached hydrogen (secondary N) is 2. The summed E-state index contributed by atoms with van der Waals surface area (Å²) in [5, 5.41) is 21.0. The van der Waals surface area contributed by atoms with Crippen molar-refractivity contribution >= 4 is 27.3 Å². The van der Waals surface area contributed by atoms with Crippen LogP contribution in [0.15, 0.2) is 29.2 Å². The standard InChI is InChI=1S/C15H22N2O6S/c1-10(2)8-13(18)16-11-4-6-12(7-5-11)24(22,23)9-15(3,20)14(19)17-21/h4-7,10,20-21H,8-9H2,1-3H3,(H,16,18)(H,17,19). The van der Waals surface area contributed by atoms with E-state index in [2.05, 4.69) is 5.32 Å². The molecule has 1 atom stereocenters. The molecule has 0 heterocycles. The van der Waals surface area contributed by atoms with Crippen LogP contribution in [0, 0.1) is 5.92 Å². The van der Waals surface area contributed by atoms with Crippen LogP contribution in [0.2, 0.25) is 0 Å². The monoisotopic (exact) mass is 358 g/mol. The van der Waals surface area contributed by atoms with Gasteiger partial charge in [0, 0.05) is 12.1 Å². The summed E-state index contributed by atoms with van der Waals surface area (Å²) >= 11 is 0.